The van der Waals surface area contributed by atoms with Crippen molar-refractivity contribution in [2.75, 3.05) is 26.3 Å². The lowest BCUT2D eigenvalue weighted by molar-refractivity contribution is -0.613. The van der Waals surface area contributed by atoms with Crippen LogP contribution in [0.1, 0.15) is 37.0 Å². The molecule has 9 nitrogen and oxygen atoms in total. The molecule has 0 aliphatic rings. The van der Waals surface area contributed by atoms with Gasteiger partial charge in [-0.05, 0) is 20.8 Å². The van der Waals surface area contributed by atoms with Gasteiger partial charge in [0.2, 0.25) is 11.9 Å². The van der Waals surface area contributed by atoms with Crippen LogP contribution in [0.15, 0.2) is 12.4 Å². The van der Waals surface area contributed by atoms with Crippen molar-refractivity contribution >= 4 is 12.0 Å². The average Bonchev–Trinajstić information content (AvgIpc) is 2.47. The maximum Gasteiger partial charge on any atom is 0.407 e. The van der Waals surface area contributed by atoms with Gasteiger partial charge in [-0.1, -0.05) is 0 Å². The van der Waals surface area contributed by atoms with Crippen molar-refractivity contribution in [3.8, 4) is 0 Å². The summed E-state index contributed by atoms with van der Waals surface area (Å²) in [5.41, 5.74) is -0.0869. The van der Waals surface area contributed by atoms with Crippen LogP contribution in [0.2, 0.25) is 0 Å². The second-order valence-electron chi connectivity index (χ2n) is 6.04. The van der Waals surface area contributed by atoms with Crippen LogP contribution >= 0.6 is 0 Å². The molecule has 2 N–H and O–H groups in total. The first-order valence-corrected chi connectivity index (χ1v) is 7.57. The number of carbonyl (C=O) groups is 2. The fourth-order valence-corrected chi connectivity index (χ4v) is 1.55. The van der Waals surface area contributed by atoms with E-state index < -0.39 is 17.6 Å². The number of aromatic nitrogens is 2. The minimum Gasteiger partial charge on any atom is -0.618 e. The fraction of sp³-hybridized carbons (Fsp3) is 0.600. The van der Waals surface area contributed by atoms with Gasteiger partial charge in [-0.3, -0.25) is 4.79 Å². The number of amides is 2. The Bertz CT molecular complexity index is 571. The second kappa shape index (κ2) is 9.02. The summed E-state index contributed by atoms with van der Waals surface area (Å²) < 4.78 is 10.9. The van der Waals surface area contributed by atoms with Gasteiger partial charge in [0.25, 0.3) is 5.91 Å². The first-order chi connectivity index (χ1) is 11.2. The molecule has 1 aromatic heterocycles. The first kappa shape index (κ1) is 19.6. The number of aryl methyl sites for hydroxylation is 1. The largest absolute Gasteiger partial charge is 0.618 e. The maximum atomic E-state index is 11.8. The second-order valence-corrected chi connectivity index (χ2v) is 6.04. The third-order valence-corrected chi connectivity index (χ3v) is 2.66. The Morgan fingerprint density at radius 2 is 1.88 bits per heavy atom. The predicted octanol–water partition coefficient (Wildman–Crippen LogP) is 0.295. The van der Waals surface area contributed by atoms with E-state index in [1.807, 2.05) is 0 Å². The van der Waals surface area contributed by atoms with Gasteiger partial charge in [0.05, 0.1) is 19.4 Å². The summed E-state index contributed by atoms with van der Waals surface area (Å²) in [5, 5.41) is 16.5. The topological polar surface area (TPSA) is 116 Å². The van der Waals surface area contributed by atoms with Crippen LogP contribution in [0.5, 0.6) is 0 Å². The predicted molar refractivity (Wildman–Crippen MR) is 85.3 cm³/mol. The number of hydrogen-bond donors (Lipinski definition) is 2. The third kappa shape index (κ3) is 7.73. The van der Waals surface area contributed by atoms with Crippen molar-refractivity contribution in [1.29, 1.82) is 0 Å². The number of rotatable bonds is 7. The van der Waals surface area contributed by atoms with Gasteiger partial charge in [-0.2, -0.15) is 4.73 Å². The van der Waals surface area contributed by atoms with E-state index >= 15 is 0 Å². The van der Waals surface area contributed by atoms with Crippen LogP contribution in [0, 0.1) is 12.1 Å². The van der Waals surface area contributed by atoms with E-state index in [-0.39, 0.29) is 18.8 Å². The molecule has 9 heteroatoms. The number of hydrogen-bond acceptors (Lipinski definition) is 6. The molecule has 1 aromatic rings. The van der Waals surface area contributed by atoms with Crippen molar-refractivity contribution in [3.05, 3.63) is 29.0 Å². The van der Waals surface area contributed by atoms with Crippen molar-refractivity contribution in [1.82, 2.24) is 15.6 Å². The molecule has 0 atom stereocenters. The van der Waals surface area contributed by atoms with E-state index in [1.54, 1.807) is 27.7 Å². The molecule has 0 unspecified atom stereocenters. The van der Waals surface area contributed by atoms with Crippen molar-refractivity contribution in [3.63, 3.8) is 0 Å². The molecular formula is C15H24N4O5. The SMILES string of the molecule is Cc1cnc(C(=O)NCCOCCNC(=O)OC(C)(C)C)c[n+]1[O-]. The normalized spacial score (nSPS) is 11.0. The smallest absolute Gasteiger partial charge is 0.407 e. The molecule has 1 heterocycles. The molecule has 0 radical (unpaired) electrons. The van der Waals surface area contributed by atoms with Crippen molar-refractivity contribution in [2.24, 2.45) is 0 Å². The molecule has 0 fully saturated rings. The highest BCUT2D eigenvalue weighted by atomic mass is 16.6. The summed E-state index contributed by atoms with van der Waals surface area (Å²) in [7, 11) is 0. The molecule has 0 aliphatic heterocycles. The highest BCUT2D eigenvalue weighted by molar-refractivity contribution is 5.91. The Morgan fingerprint density at radius 3 is 2.46 bits per heavy atom. The Balaban J connectivity index is 2.12. The molecule has 0 saturated carbocycles. The zero-order chi connectivity index (χ0) is 18.2. The van der Waals surface area contributed by atoms with E-state index in [1.165, 1.54) is 6.20 Å². The first-order valence-electron chi connectivity index (χ1n) is 7.57. The zero-order valence-electron chi connectivity index (χ0n) is 14.4. The number of alkyl carbamates (subject to hydrolysis) is 1. The van der Waals surface area contributed by atoms with E-state index in [0.717, 1.165) is 6.20 Å². The van der Waals surface area contributed by atoms with Gasteiger partial charge < -0.3 is 25.3 Å². The summed E-state index contributed by atoms with van der Waals surface area (Å²) >= 11 is 0. The molecule has 0 aromatic carbocycles. The molecule has 0 aliphatic carbocycles. The van der Waals surface area contributed by atoms with Crippen molar-refractivity contribution in [2.45, 2.75) is 33.3 Å². The van der Waals surface area contributed by atoms with Crippen LogP contribution in [0.25, 0.3) is 0 Å². The average molecular weight is 340 g/mol. The van der Waals surface area contributed by atoms with Gasteiger partial charge in [0.1, 0.15) is 5.60 Å². The Morgan fingerprint density at radius 1 is 1.25 bits per heavy atom. The standard InChI is InChI=1S/C15H24N4O5/c1-11-9-18-12(10-19(11)22)13(20)16-5-7-23-8-6-17-14(21)24-15(2,3)4/h9-10H,5-8H2,1-4H3,(H,16,20)(H,17,21). The number of ether oxygens (including phenoxy) is 2. The quantitative estimate of drug-likeness (QED) is 0.419. The fourth-order valence-electron chi connectivity index (χ4n) is 1.55. The Labute approximate surface area is 140 Å². The van der Waals surface area contributed by atoms with Crippen LogP contribution < -0.4 is 15.4 Å². The van der Waals surface area contributed by atoms with E-state index in [9.17, 15) is 14.8 Å². The van der Waals surface area contributed by atoms with Gasteiger partial charge in [0, 0.05) is 20.0 Å². The molecular weight excluding hydrogens is 316 g/mol. The molecule has 134 valence electrons. The number of nitrogens with zero attached hydrogens (tertiary/aromatic N) is 2. The summed E-state index contributed by atoms with van der Waals surface area (Å²) in [5.74, 6) is -0.449. The van der Waals surface area contributed by atoms with Crippen LogP contribution in [-0.4, -0.2) is 48.9 Å². The summed E-state index contributed by atoms with van der Waals surface area (Å²) in [6.07, 6.45) is 1.95. The summed E-state index contributed by atoms with van der Waals surface area (Å²) in [4.78, 5) is 27.0. The van der Waals surface area contributed by atoms with Crippen LogP contribution in [0.4, 0.5) is 4.79 Å². The van der Waals surface area contributed by atoms with Gasteiger partial charge in [0.15, 0.2) is 5.69 Å². The number of nitrogens with one attached hydrogen (secondary N) is 2. The van der Waals surface area contributed by atoms with E-state index in [4.69, 9.17) is 9.47 Å². The summed E-state index contributed by atoms with van der Waals surface area (Å²) in [6.45, 7) is 8.07. The van der Waals surface area contributed by atoms with Gasteiger partial charge in [-0.25, -0.2) is 9.78 Å². The maximum absolute atomic E-state index is 11.8. The molecule has 0 bridgehead atoms. The lowest BCUT2D eigenvalue weighted by Crippen LogP contribution is -2.36. The molecule has 2 amide bonds. The molecule has 0 saturated heterocycles. The molecule has 24 heavy (non-hydrogen) atoms. The Kier molecular flexibility index (Phi) is 7.37. The third-order valence-electron chi connectivity index (χ3n) is 2.66. The number of carbonyl (C=O) groups excluding carboxylic acids is 2. The minimum absolute atomic E-state index is 0.0437. The van der Waals surface area contributed by atoms with E-state index in [0.29, 0.717) is 23.6 Å². The van der Waals surface area contributed by atoms with Crippen LogP contribution in [-0.2, 0) is 9.47 Å². The highest BCUT2D eigenvalue weighted by Gasteiger charge is 2.15. The lowest BCUT2D eigenvalue weighted by Gasteiger charge is -2.19. The summed E-state index contributed by atoms with van der Waals surface area (Å²) in [6, 6.07) is 0. The van der Waals surface area contributed by atoms with Gasteiger partial charge >= 0.3 is 6.09 Å². The van der Waals surface area contributed by atoms with Crippen LogP contribution in [0.3, 0.4) is 0 Å². The Hall–Kier alpha value is -2.42. The molecule has 1 rings (SSSR count). The van der Waals surface area contributed by atoms with Gasteiger partial charge in [-0.15, -0.1) is 0 Å². The minimum atomic E-state index is -0.540. The van der Waals surface area contributed by atoms with Crippen molar-refractivity contribution < 1.29 is 23.8 Å². The molecule has 0 spiro atoms. The lowest BCUT2D eigenvalue weighted by atomic mass is 10.2. The zero-order valence-corrected chi connectivity index (χ0v) is 14.4. The van der Waals surface area contributed by atoms with E-state index in [2.05, 4.69) is 15.6 Å². The monoisotopic (exact) mass is 340 g/mol. The highest BCUT2D eigenvalue weighted by Crippen LogP contribution is 2.05.